The van der Waals surface area contributed by atoms with Crippen LogP contribution in [0.25, 0.3) is 0 Å². The Balaban J connectivity index is 1.47. The predicted octanol–water partition coefficient (Wildman–Crippen LogP) is 4.80. The molecule has 1 unspecified atom stereocenters. The van der Waals surface area contributed by atoms with Crippen molar-refractivity contribution < 1.29 is 19.4 Å². The first kappa shape index (κ1) is 24.8. The van der Waals surface area contributed by atoms with Crippen LogP contribution in [-0.2, 0) is 24.2 Å². The fraction of sp³-hybridized carbons (Fsp3) is 0.345. The SMILES string of the molecule is CCc1ccc(CC(C)(C)NCC(O)c2cc(OCc3ccccc3)cc3c2OCC(=O)N3)cc1. The molecule has 6 heteroatoms. The Morgan fingerprint density at radius 3 is 2.49 bits per heavy atom. The molecule has 0 saturated carbocycles. The molecule has 184 valence electrons. The summed E-state index contributed by atoms with van der Waals surface area (Å²) in [6.07, 6.45) is 1.00. The normalized spacial score (nSPS) is 14.0. The van der Waals surface area contributed by atoms with E-state index in [1.807, 2.05) is 30.3 Å². The van der Waals surface area contributed by atoms with Crippen molar-refractivity contribution >= 4 is 11.6 Å². The lowest BCUT2D eigenvalue weighted by Crippen LogP contribution is -2.43. The van der Waals surface area contributed by atoms with Crippen LogP contribution in [0.4, 0.5) is 5.69 Å². The molecular formula is C29H34N2O4. The summed E-state index contributed by atoms with van der Waals surface area (Å²) in [7, 11) is 0. The number of anilines is 1. The summed E-state index contributed by atoms with van der Waals surface area (Å²) >= 11 is 0. The van der Waals surface area contributed by atoms with E-state index in [0.29, 0.717) is 35.9 Å². The van der Waals surface area contributed by atoms with Gasteiger partial charge in [-0.1, -0.05) is 61.5 Å². The smallest absolute Gasteiger partial charge is 0.262 e. The van der Waals surface area contributed by atoms with Crippen molar-refractivity contribution in [1.29, 1.82) is 0 Å². The Kier molecular flexibility index (Phi) is 7.73. The van der Waals surface area contributed by atoms with E-state index in [1.54, 1.807) is 12.1 Å². The summed E-state index contributed by atoms with van der Waals surface area (Å²) in [6.45, 7) is 7.02. The van der Waals surface area contributed by atoms with Gasteiger partial charge < -0.3 is 25.2 Å². The number of β-amino-alcohol motifs (C(OH)–C–C–N with tert-alkyl or cyclic N) is 1. The number of ether oxygens (including phenoxy) is 2. The van der Waals surface area contributed by atoms with E-state index in [9.17, 15) is 9.90 Å². The molecule has 1 amide bonds. The van der Waals surface area contributed by atoms with E-state index < -0.39 is 6.10 Å². The van der Waals surface area contributed by atoms with Gasteiger partial charge in [0.25, 0.3) is 5.91 Å². The van der Waals surface area contributed by atoms with E-state index >= 15 is 0 Å². The highest BCUT2D eigenvalue weighted by atomic mass is 16.5. The van der Waals surface area contributed by atoms with Crippen LogP contribution in [0.2, 0.25) is 0 Å². The van der Waals surface area contributed by atoms with Gasteiger partial charge >= 0.3 is 0 Å². The molecule has 1 aliphatic heterocycles. The summed E-state index contributed by atoms with van der Waals surface area (Å²) in [5.41, 5.74) is 4.46. The molecule has 0 saturated heterocycles. The van der Waals surface area contributed by atoms with Crippen LogP contribution in [0.1, 0.15) is 49.1 Å². The number of rotatable bonds is 10. The maximum Gasteiger partial charge on any atom is 0.262 e. The summed E-state index contributed by atoms with van der Waals surface area (Å²) in [5.74, 6) is 0.813. The number of carbonyl (C=O) groups is 1. The highest BCUT2D eigenvalue weighted by Gasteiger charge is 2.26. The molecule has 0 aromatic heterocycles. The molecule has 0 fully saturated rings. The molecule has 0 bridgehead atoms. The largest absolute Gasteiger partial charge is 0.489 e. The lowest BCUT2D eigenvalue weighted by atomic mass is 9.93. The second-order valence-corrected chi connectivity index (χ2v) is 9.63. The second-order valence-electron chi connectivity index (χ2n) is 9.63. The predicted molar refractivity (Wildman–Crippen MR) is 138 cm³/mol. The Morgan fingerprint density at radius 1 is 1.06 bits per heavy atom. The maximum absolute atomic E-state index is 11.9. The van der Waals surface area contributed by atoms with E-state index in [1.165, 1.54) is 11.1 Å². The van der Waals surface area contributed by atoms with Gasteiger partial charge in [0.15, 0.2) is 6.61 Å². The lowest BCUT2D eigenvalue weighted by molar-refractivity contribution is -0.118. The van der Waals surface area contributed by atoms with Gasteiger partial charge in [0.05, 0.1) is 11.8 Å². The number of aliphatic hydroxyl groups is 1. The molecule has 3 N–H and O–H groups in total. The third-order valence-electron chi connectivity index (χ3n) is 6.17. The van der Waals surface area contributed by atoms with Crippen LogP contribution in [-0.4, -0.2) is 29.7 Å². The van der Waals surface area contributed by atoms with Gasteiger partial charge in [0, 0.05) is 23.7 Å². The van der Waals surface area contributed by atoms with E-state index in [0.717, 1.165) is 18.4 Å². The molecule has 3 aromatic rings. The third kappa shape index (κ3) is 6.62. The van der Waals surface area contributed by atoms with E-state index in [-0.39, 0.29) is 18.1 Å². The fourth-order valence-corrected chi connectivity index (χ4v) is 4.22. The van der Waals surface area contributed by atoms with Crippen LogP contribution < -0.4 is 20.1 Å². The minimum atomic E-state index is -0.847. The number of hydrogen-bond donors (Lipinski definition) is 3. The number of aryl methyl sites for hydroxylation is 1. The Morgan fingerprint density at radius 2 is 1.77 bits per heavy atom. The van der Waals surface area contributed by atoms with Crippen molar-refractivity contribution in [1.82, 2.24) is 5.32 Å². The first-order valence-corrected chi connectivity index (χ1v) is 12.1. The molecule has 3 aromatic carbocycles. The Hall–Kier alpha value is -3.35. The summed E-state index contributed by atoms with van der Waals surface area (Å²) in [4.78, 5) is 11.9. The van der Waals surface area contributed by atoms with Crippen molar-refractivity contribution in [2.45, 2.75) is 51.9 Å². The molecule has 1 atom stereocenters. The Bertz CT molecular complexity index is 1140. The van der Waals surface area contributed by atoms with Gasteiger partial charge in [-0.15, -0.1) is 0 Å². The van der Waals surface area contributed by atoms with Crippen molar-refractivity contribution in [2.75, 3.05) is 18.5 Å². The summed E-state index contributed by atoms with van der Waals surface area (Å²) in [5, 5.41) is 17.5. The minimum Gasteiger partial charge on any atom is -0.489 e. The van der Waals surface area contributed by atoms with Gasteiger partial charge in [-0.25, -0.2) is 0 Å². The van der Waals surface area contributed by atoms with Crippen molar-refractivity contribution in [2.24, 2.45) is 0 Å². The maximum atomic E-state index is 11.9. The molecule has 35 heavy (non-hydrogen) atoms. The highest BCUT2D eigenvalue weighted by molar-refractivity contribution is 5.96. The number of hydrogen-bond acceptors (Lipinski definition) is 5. The van der Waals surface area contributed by atoms with Crippen LogP contribution in [0.15, 0.2) is 66.7 Å². The molecule has 0 spiro atoms. The second kappa shape index (κ2) is 10.9. The van der Waals surface area contributed by atoms with Crippen LogP contribution in [0.3, 0.4) is 0 Å². The van der Waals surface area contributed by atoms with Gasteiger partial charge in [0.1, 0.15) is 18.1 Å². The van der Waals surface area contributed by atoms with Gasteiger partial charge in [0.2, 0.25) is 0 Å². The van der Waals surface area contributed by atoms with Gasteiger partial charge in [-0.2, -0.15) is 0 Å². The van der Waals surface area contributed by atoms with Crippen LogP contribution >= 0.6 is 0 Å². The number of amides is 1. The quantitative estimate of drug-likeness (QED) is 0.393. The molecule has 1 aliphatic rings. The van der Waals surface area contributed by atoms with Crippen molar-refractivity contribution in [3.8, 4) is 11.5 Å². The Labute approximate surface area is 207 Å². The number of fused-ring (bicyclic) bond motifs is 1. The molecule has 6 nitrogen and oxygen atoms in total. The zero-order valence-corrected chi connectivity index (χ0v) is 20.6. The summed E-state index contributed by atoms with van der Waals surface area (Å²) in [6, 6.07) is 22.0. The minimum absolute atomic E-state index is 0.0797. The van der Waals surface area contributed by atoms with Crippen LogP contribution in [0, 0.1) is 0 Å². The van der Waals surface area contributed by atoms with Gasteiger partial charge in [-0.3, -0.25) is 4.79 Å². The molecule has 0 radical (unpaired) electrons. The van der Waals surface area contributed by atoms with Gasteiger partial charge in [-0.05, 0) is 49.4 Å². The summed E-state index contributed by atoms with van der Waals surface area (Å²) < 4.78 is 11.7. The zero-order valence-electron chi connectivity index (χ0n) is 20.6. The lowest BCUT2D eigenvalue weighted by Gasteiger charge is -2.29. The van der Waals surface area contributed by atoms with E-state index in [2.05, 4.69) is 55.7 Å². The average Bonchev–Trinajstić information content (AvgIpc) is 2.86. The number of aliphatic hydroxyl groups excluding tert-OH is 1. The fourth-order valence-electron chi connectivity index (χ4n) is 4.22. The number of benzene rings is 3. The first-order valence-electron chi connectivity index (χ1n) is 12.1. The monoisotopic (exact) mass is 474 g/mol. The third-order valence-corrected chi connectivity index (χ3v) is 6.17. The molecule has 1 heterocycles. The molecule has 4 rings (SSSR count). The topological polar surface area (TPSA) is 79.8 Å². The van der Waals surface area contributed by atoms with Crippen molar-refractivity contribution in [3.05, 3.63) is 89.0 Å². The number of nitrogens with one attached hydrogen (secondary N) is 2. The van der Waals surface area contributed by atoms with Crippen molar-refractivity contribution in [3.63, 3.8) is 0 Å². The zero-order chi connectivity index (χ0) is 24.8. The molecular weight excluding hydrogens is 440 g/mol. The van der Waals surface area contributed by atoms with E-state index in [4.69, 9.17) is 9.47 Å². The van der Waals surface area contributed by atoms with Crippen LogP contribution in [0.5, 0.6) is 11.5 Å². The standard InChI is InChI=1S/C29H34N2O4/c1-4-20-10-12-21(13-11-20)16-29(2,3)30-17-26(32)24-14-23(34-18-22-8-6-5-7-9-22)15-25-28(24)35-19-27(33)31-25/h5-15,26,30,32H,4,16-19H2,1-3H3,(H,31,33). The highest BCUT2D eigenvalue weighted by Crippen LogP contribution is 2.39. The average molecular weight is 475 g/mol. The first-order chi connectivity index (χ1) is 16.8. The number of carbonyl (C=O) groups excluding carboxylic acids is 1. The molecule has 0 aliphatic carbocycles.